The van der Waals surface area contributed by atoms with Crippen molar-refractivity contribution in [1.29, 1.82) is 0 Å². The van der Waals surface area contributed by atoms with E-state index in [1.807, 2.05) is 30.3 Å². The largest absolute Gasteiger partial charge is 0.494 e. The Bertz CT molecular complexity index is 859. The van der Waals surface area contributed by atoms with Gasteiger partial charge in [-0.3, -0.25) is 9.89 Å². The van der Waals surface area contributed by atoms with Crippen molar-refractivity contribution in [3.8, 4) is 28.7 Å². The van der Waals surface area contributed by atoms with Gasteiger partial charge >= 0.3 is 5.97 Å². The van der Waals surface area contributed by atoms with E-state index in [1.54, 1.807) is 6.07 Å². The summed E-state index contributed by atoms with van der Waals surface area (Å²) in [4.78, 5) is 14.8. The van der Waals surface area contributed by atoms with Crippen molar-refractivity contribution in [2.24, 2.45) is 0 Å². The van der Waals surface area contributed by atoms with Crippen LogP contribution in [0, 0.1) is 0 Å². The van der Waals surface area contributed by atoms with Crippen LogP contribution in [0.4, 0.5) is 0 Å². The van der Waals surface area contributed by atoms with Crippen LogP contribution in [-0.2, 0) is 4.79 Å². The Morgan fingerprint density at radius 1 is 1.32 bits per heavy atom. The summed E-state index contributed by atoms with van der Waals surface area (Å²) in [6, 6.07) is 11.3. The van der Waals surface area contributed by atoms with Crippen LogP contribution in [0.3, 0.4) is 0 Å². The Morgan fingerprint density at radius 3 is 2.96 bits per heavy atom. The Labute approximate surface area is 148 Å². The monoisotopic (exact) mass is 359 g/mol. The fourth-order valence-corrected chi connectivity index (χ4v) is 2.65. The number of carboxylic acid groups (broad SMARTS) is 1. The Kier molecular flexibility index (Phi) is 5.39. The molecule has 2 heterocycles. The van der Waals surface area contributed by atoms with Crippen LogP contribution >= 0.6 is 11.8 Å². The van der Waals surface area contributed by atoms with Gasteiger partial charge in [-0.2, -0.15) is 4.98 Å². The number of nitrogens with one attached hydrogen (secondary N) is 1. The van der Waals surface area contributed by atoms with Gasteiger partial charge in [0.2, 0.25) is 5.16 Å². The summed E-state index contributed by atoms with van der Waals surface area (Å²) in [6.45, 7) is 2.73. The first-order valence-corrected chi connectivity index (χ1v) is 8.74. The zero-order valence-electron chi connectivity index (χ0n) is 13.6. The molecular formula is C17H17N3O4S. The van der Waals surface area contributed by atoms with Crippen molar-refractivity contribution in [2.75, 3.05) is 12.4 Å². The number of benzene rings is 1. The van der Waals surface area contributed by atoms with Gasteiger partial charge in [-0.25, -0.2) is 0 Å². The van der Waals surface area contributed by atoms with Crippen LogP contribution in [0.15, 0.2) is 46.0 Å². The minimum absolute atomic E-state index is 0.0920. The van der Waals surface area contributed by atoms with E-state index in [1.165, 1.54) is 0 Å². The highest BCUT2D eigenvalue weighted by Gasteiger charge is 2.13. The molecule has 3 rings (SSSR count). The van der Waals surface area contributed by atoms with Crippen molar-refractivity contribution in [3.63, 3.8) is 0 Å². The number of aliphatic carboxylic acids is 1. The summed E-state index contributed by atoms with van der Waals surface area (Å²) < 4.78 is 11.5. The summed E-state index contributed by atoms with van der Waals surface area (Å²) in [5.74, 6) is 1.46. The second-order valence-electron chi connectivity index (χ2n) is 5.19. The quantitative estimate of drug-likeness (QED) is 0.591. The average molecular weight is 359 g/mol. The van der Waals surface area contributed by atoms with Crippen molar-refractivity contribution in [2.45, 2.75) is 18.5 Å². The molecule has 7 nitrogen and oxygen atoms in total. The highest BCUT2D eigenvalue weighted by molar-refractivity contribution is 7.99. The molecule has 0 unspecified atom stereocenters. The van der Waals surface area contributed by atoms with Crippen LogP contribution in [0.25, 0.3) is 22.9 Å². The molecular weight excluding hydrogens is 342 g/mol. The van der Waals surface area contributed by atoms with E-state index < -0.39 is 5.97 Å². The molecule has 1 aromatic carbocycles. The molecule has 8 heteroatoms. The lowest BCUT2D eigenvalue weighted by molar-refractivity contribution is -0.133. The molecule has 0 amide bonds. The summed E-state index contributed by atoms with van der Waals surface area (Å²) in [6.07, 6.45) is 0.947. The number of rotatable bonds is 8. The normalized spacial score (nSPS) is 10.8. The Balaban J connectivity index is 1.75. The van der Waals surface area contributed by atoms with Gasteiger partial charge in [-0.05, 0) is 30.7 Å². The van der Waals surface area contributed by atoms with Crippen molar-refractivity contribution in [1.82, 2.24) is 15.2 Å². The van der Waals surface area contributed by atoms with E-state index in [0.29, 0.717) is 29.1 Å². The van der Waals surface area contributed by atoms with E-state index in [-0.39, 0.29) is 5.75 Å². The predicted octanol–water partition coefficient (Wildman–Crippen LogP) is 3.70. The smallest absolute Gasteiger partial charge is 0.313 e. The molecule has 0 aliphatic heterocycles. The SMILES string of the molecule is CCCOc1cccc(-c2ccc(-c3nc(SCC(=O)O)n[nH]3)o2)c1. The summed E-state index contributed by atoms with van der Waals surface area (Å²) in [5, 5.41) is 15.8. The van der Waals surface area contributed by atoms with Gasteiger partial charge in [0.1, 0.15) is 11.5 Å². The van der Waals surface area contributed by atoms with E-state index in [2.05, 4.69) is 22.1 Å². The van der Waals surface area contributed by atoms with E-state index in [0.717, 1.165) is 29.5 Å². The molecule has 0 aliphatic carbocycles. The molecule has 0 saturated heterocycles. The van der Waals surface area contributed by atoms with Crippen LogP contribution in [0.1, 0.15) is 13.3 Å². The maximum Gasteiger partial charge on any atom is 0.313 e. The fourth-order valence-electron chi connectivity index (χ4n) is 2.13. The number of carbonyl (C=O) groups is 1. The van der Waals surface area contributed by atoms with Crippen molar-refractivity contribution in [3.05, 3.63) is 36.4 Å². The number of H-pyrrole nitrogens is 1. The zero-order chi connectivity index (χ0) is 17.6. The molecule has 0 aliphatic rings. The number of ether oxygens (including phenoxy) is 1. The van der Waals surface area contributed by atoms with Gasteiger partial charge in [0.15, 0.2) is 11.6 Å². The minimum atomic E-state index is -0.915. The fraction of sp³-hybridized carbons (Fsp3) is 0.235. The summed E-state index contributed by atoms with van der Waals surface area (Å²) in [7, 11) is 0. The van der Waals surface area contributed by atoms with Gasteiger partial charge in [0.05, 0.1) is 12.4 Å². The molecule has 0 spiro atoms. The first-order valence-electron chi connectivity index (χ1n) is 7.76. The maximum atomic E-state index is 10.6. The molecule has 0 fully saturated rings. The predicted molar refractivity (Wildman–Crippen MR) is 93.7 cm³/mol. The molecule has 2 N–H and O–H groups in total. The van der Waals surface area contributed by atoms with Gasteiger partial charge in [0, 0.05) is 5.56 Å². The van der Waals surface area contributed by atoms with Gasteiger partial charge in [-0.15, -0.1) is 5.10 Å². The highest BCUT2D eigenvalue weighted by Crippen LogP contribution is 2.29. The molecule has 130 valence electrons. The molecule has 0 saturated carbocycles. The van der Waals surface area contributed by atoms with Crippen LogP contribution in [0.5, 0.6) is 5.75 Å². The summed E-state index contributed by atoms with van der Waals surface area (Å²) >= 11 is 1.05. The van der Waals surface area contributed by atoms with Gasteiger partial charge in [0.25, 0.3) is 0 Å². The topological polar surface area (TPSA) is 101 Å². The number of carboxylic acids is 1. The standard InChI is InChI=1S/C17H17N3O4S/c1-2-8-23-12-5-3-4-11(9-12)13-6-7-14(24-13)16-18-17(20-19-16)25-10-15(21)22/h3-7,9H,2,8,10H2,1H3,(H,21,22)(H,18,19,20). The van der Waals surface area contributed by atoms with Crippen molar-refractivity contribution < 1.29 is 19.1 Å². The number of aromatic nitrogens is 3. The number of thioether (sulfide) groups is 1. The Hall–Kier alpha value is -2.74. The number of nitrogens with zero attached hydrogens (tertiary/aromatic N) is 2. The first kappa shape index (κ1) is 17.1. The molecule has 0 radical (unpaired) electrons. The van der Waals surface area contributed by atoms with Crippen LogP contribution in [0.2, 0.25) is 0 Å². The number of hydrogen-bond acceptors (Lipinski definition) is 6. The van der Waals surface area contributed by atoms with Gasteiger partial charge < -0.3 is 14.3 Å². The molecule has 0 atom stereocenters. The zero-order valence-corrected chi connectivity index (χ0v) is 14.4. The van der Waals surface area contributed by atoms with Crippen LogP contribution in [-0.4, -0.2) is 38.6 Å². The molecule has 2 aromatic heterocycles. The van der Waals surface area contributed by atoms with Gasteiger partial charge in [-0.1, -0.05) is 30.8 Å². The number of furan rings is 1. The maximum absolute atomic E-state index is 10.6. The number of aromatic amines is 1. The van der Waals surface area contributed by atoms with E-state index in [9.17, 15) is 4.79 Å². The first-order chi connectivity index (χ1) is 12.2. The third-order valence-corrected chi connectivity index (χ3v) is 4.05. The lowest BCUT2D eigenvalue weighted by atomic mass is 10.1. The molecule has 3 aromatic rings. The Morgan fingerprint density at radius 2 is 2.16 bits per heavy atom. The second-order valence-corrected chi connectivity index (χ2v) is 6.13. The van der Waals surface area contributed by atoms with Crippen molar-refractivity contribution >= 4 is 17.7 Å². The number of hydrogen-bond donors (Lipinski definition) is 2. The lowest BCUT2D eigenvalue weighted by Crippen LogP contribution is -1.97. The third kappa shape index (κ3) is 4.42. The summed E-state index contributed by atoms with van der Waals surface area (Å²) in [5.41, 5.74) is 0.903. The minimum Gasteiger partial charge on any atom is -0.494 e. The highest BCUT2D eigenvalue weighted by atomic mass is 32.2. The third-order valence-electron chi connectivity index (χ3n) is 3.22. The second kappa shape index (κ2) is 7.89. The van der Waals surface area contributed by atoms with E-state index >= 15 is 0 Å². The van der Waals surface area contributed by atoms with E-state index in [4.69, 9.17) is 14.3 Å². The molecule has 0 bridgehead atoms. The van der Waals surface area contributed by atoms with Crippen LogP contribution < -0.4 is 4.74 Å². The average Bonchev–Trinajstić information content (AvgIpc) is 3.27. The molecule has 25 heavy (non-hydrogen) atoms. The lowest BCUT2D eigenvalue weighted by Gasteiger charge is -2.05.